The fourth-order valence-electron chi connectivity index (χ4n) is 8.39. The predicted molar refractivity (Wildman–Crippen MR) is 320 cm³/mol. The standard InChI is InChI=1S/C68H114O6/c1-4-7-10-13-16-18-20-22-24-26-28-29-30-31-32-33-34-35-36-37-38-39-40-42-43-45-47-49-52-55-58-61-67(70)73-64-65(63-72-66(69)60-57-54-51-15-12-9-6-3)74-68(71)62-59-56-53-50-48-46-44-41-27-25-23-21-19-17-14-11-8-5-2/h7,10,16,18,22,24-25,27-29,31-32,34-35,37-38,40,42,65H,4-6,8-9,11-15,17,19-21,23,26,30,33,36,39,41,43-64H2,1-3H3/b10-7-,18-16-,24-22-,27-25-,29-28-,32-31-,35-34-,38-37-,42-40-. The number of hydrogen-bond donors (Lipinski definition) is 0. The van der Waals surface area contributed by atoms with Crippen LogP contribution in [0.5, 0.6) is 0 Å². The van der Waals surface area contributed by atoms with Gasteiger partial charge < -0.3 is 14.2 Å². The molecule has 0 amide bonds. The average Bonchev–Trinajstić information content (AvgIpc) is 3.40. The van der Waals surface area contributed by atoms with Crippen LogP contribution in [-0.2, 0) is 28.6 Å². The molecular weight excluding hydrogens is 913 g/mol. The van der Waals surface area contributed by atoms with Crippen molar-refractivity contribution in [1.82, 2.24) is 0 Å². The Balaban J connectivity index is 4.20. The molecule has 0 bridgehead atoms. The molecule has 0 radical (unpaired) electrons. The van der Waals surface area contributed by atoms with Crippen molar-refractivity contribution in [2.24, 2.45) is 0 Å². The summed E-state index contributed by atoms with van der Waals surface area (Å²) >= 11 is 0. The van der Waals surface area contributed by atoms with Crippen LogP contribution < -0.4 is 0 Å². The van der Waals surface area contributed by atoms with E-state index in [2.05, 4.69) is 130 Å². The molecule has 0 saturated carbocycles. The van der Waals surface area contributed by atoms with E-state index in [9.17, 15) is 14.4 Å². The van der Waals surface area contributed by atoms with Gasteiger partial charge in [0.1, 0.15) is 13.2 Å². The number of carbonyl (C=O) groups excluding carboxylic acids is 3. The minimum absolute atomic E-state index is 0.0837. The summed E-state index contributed by atoms with van der Waals surface area (Å²) in [5, 5.41) is 0. The molecule has 1 unspecified atom stereocenters. The van der Waals surface area contributed by atoms with Crippen molar-refractivity contribution < 1.29 is 28.6 Å². The molecule has 0 spiro atoms. The van der Waals surface area contributed by atoms with Crippen molar-refractivity contribution in [3.8, 4) is 0 Å². The first-order valence-electron chi connectivity index (χ1n) is 30.9. The number of unbranched alkanes of at least 4 members (excludes halogenated alkanes) is 26. The number of esters is 3. The first-order valence-corrected chi connectivity index (χ1v) is 30.9. The lowest BCUT2D eigenvalue weighted by Crippen LogP contribution is -2.30. The Labute approximate surface area is 457 Å². The minimum atomic E-state index is -0.785. The Hall–Kier alpha value is -3.93. The second kappa shape index (κ2) is 61.6. The van der Waals surface area contributed by atoms with Crippen molar-refractivity contribution in [2.45, 2.75) is 290 Å². The third-order valence-corrected chi connectivity index (χ3v) is 13.0. The van der Waals surface area contributed by atoms with Gasteiger partial charge in [0, 0.05) is 19.3 Å². The second-order valence-corrected chi connectivity index (χ2v) is 20.2. The summed E-state index contributed by atoms with van der Waals surface area (Å²) in [6.07, 6.45) is 84.0. The molecule has 0 aliphatic heterocycles. The van der Waals surface area contributed by atoms with Crippen LogP contribution in [0.25, 0.3) is 0 Å². The Morgan fingerprint density at radius 1 is 0.284 bits per heavy atom. The number of allylic oxidation sites excluding steroid dienone is 18. The van der Waals surface area contributed by atoms with Crippen LogP contribution in [0, 0.1) is 0 Å². The quantitative estimate of drug-likeness (QED) is 0.0261. The normalized spacial score (nSPS) is 12.9. The molecule has 6 nitrogen and oxygen atoms in total. The van der Waals surface area contributed by atoms with E-state index in [0.29, 0.717) is 19.3 Å². The zero-order chi connectivity index (χ0) is 53.6. The molecule has 0 aromatic heterocycles. The van der Waals surface area contributed by atoms with E-state index in [-0.39, 0.29) is 31.1 Å². The summed E-state index contributed by atoms with van der Waals surface area (Å²) in [4.78, 5) is 38.0. The van der Waals surface area contributed by atoms with Crippen molar-refractivity contribution >= 4 is 17.9 Å². The molecule has 0 heterocycles. The van der Waals surface area contributed by atoms with Gasteiger partial charge in [-0.25, -0.2) is 0 Å². The highest BCUT2D eigenvalue weighted by atomic mass is 16.6. The minimum Gasteiger partial charge on any atom is -0.462 e. The van der Waals surface area contributed by atoms with Gasteiger partial charge in [0.15, 0.2) is 6.10 Å². The first-order chi connectivity index (χ1) is 36.5. The molecular formula is C68H114O6. The fourth-order valence-corrected chi connectivity index (χ4v) is 8.39. The van der Waals surface area contributed by atoms with E-state index in [1.54, 1.807) is 0 Å². The van der Waals surface area contributed by atoms with Crippen molar-refractivity contribution in [1.29, 1.82) is 0 Å². The largest absolute Gasteiger partial charge is 0.462 e. The van der Waals surface area contributed by atoms with Crippen molar-refractivity contribution in [2.75, 3.05) is 13.2 Å². The van der Waals surface area contributed by atoms with Crippen LogP contribution in [-0.4, -0.2) is 37.2 Å². The van der Waals surface area contributed by atoms with E-state index in [1.807, 2.05) is 0 Å². The van der Waals surface area contributed by atoms with E-state index >= 15 is 0 Å². The highest BCUT2D eigenvalue weighted by molar-refractivity contribution is 5.71. The van der Waals surface area contributed by atoms with Gasteiger partial charge in [-0.05, 0) is 109 Å². The molecule has 422 valence electrons. The van der Waals surface area contributed by atoms with Gasteiger partial charge in [-0.3, -0.25) is 14.4 Å². The van der Waals surface area contributed by atoms with E-state index in [0.717, 1.165) is 122 Å². The van der Waals surface area contributed by atoms with Crippen molar-refractivity contribution in [3.63, 3.8) is 0 Å². The maximum Gasteiger partial charge on any atom is 0.306 e. The summed E-state index contributed by atoms with van der Waals surface area (Å²) in [6, 6.07) is 0. The first kappa shape index (κ1) is 70.1. The van der Waals surface area contributed by atoms with Crippen LogP contribution in [0.3, 0.4) is 0 Å². The van der Waals surface area contributed by atoms with Gasteiger partial charge in [-0.1, -0.05) is 265 Å². The number of ether oxygens (including phenoxy) is 3. The van der Waals surface area contributed by atoms with Crippen molar-refractivity contribution in [3.05, 3.63) is 109 Å². The maximum atomic E-state index is 12.8. The SMILES string of the molecule is CC/C=C\C/C=C\C/C=C\C/C=C\C/C=C\C/C=C\C/C=C\C/C=C\CCCCCCCCC(=O)OCC(COC(=O)CCCCCCCCC)OC(=O)CCCCCCCCC/C=C\CCCCCCCCC. The Morgan fingerprint density at radius 2 is 0.527 bits per heavy atom. The van der Waals surface area contributed by atoms with Gasteiger partial charge in [0.05, 0.1) is 0 Å². The fraction of sp³-hybridized carbons (Fsp3) is 0.691. The molecule has 74 heavy (non-hydrogen) atoms. The number of hydrogen-bond acceptors (Lipinski definition) is 6. The highest BCUT2D eigenvalue weighted by Gasteiger charge is 2.19. The molecule has 1 atom stereocenters. The molecule has 0 fully saturated rings. The average molecular weight is 1030 g/mol. The smallest absolute Gasteiger partial charge is 0.306 e. The van der Waals surface area contributed by atoms with E-state index in [4.69, 9.17) is 14.2 Å². The second-order valence-electron chi connectivity index (χ2n) is 20.2. The van der Waals surface area contributed by atoms with Crippen LogP contribution in [0.1, 0.15) is 284 Å². The molecule has 0 aromatic rings. The summed E-state index contributed by atoms with van der Waals surface area (Å²) in [5.41, 5.74) is 0. The summed E-state index contributed by atoms with van der Waals surface area (Å²) < 4.78 is 16.8. The van der Waals surface area contributed by atoms with Crippen LogP contribution in [0.2, 0.25) is 0 Å². The van der Waals surface area contributed by atoms with Gasteiger partial charge in [-0.15, -0.1) is 0 Å². The summed E-state index contributed by atoms with van der Waals surface area (Å²) in [6.45, 7) is 6.47. The third kappa shape index (κ3) is 59.0. The third-order valence-electron chi connectivity index (χ3n) is 13.0. The van der Waals surface area contributed by atoms with Crippen LogP contribution in [0.15, 0.2) is 109 Å². The van der Waals surface area contributed by atoms with E-state index < -0.39 is 6.10 Å². The summed E-state index contributed by atoms with van der Waals surface area (Å²) in [5.74, 6) is -0.906. The van der Waals surface area contributed by atoms with Gasteiger partial charge in [-0.2, -0.15) is 0 Å². The van der Waals surface area contributed by atoms with Crippen LogP contribution in [0.4, 0.5) is 0 Å². The maximum absolute atomic E-state index is 12.8. The van der Waals surface area contributed by atoms with Gasteiger partial charge in [0.2, 0.25) is 0 Å². The molecule has 0 rings (SSSR count). The molecule has 6 heteroatoms. The van der Waals surface area contributed by atoms with Gasteiger partial charge in [0.25, 0.3) is 0 Å². The Morgan fingerprint density at radius 3 is 0.838 bits per heavy atom. The molecule has 0 aromatic carbocycles. The lowest BCUT2D eigenvalue weighted by atomic mass is 10.1. The lowest BCUT2D eigenvalue weighted by molar-refractivity contribution is -0.167. The molecule has 0 N–H and O–H groups in total. The van der Waals surface area contributed by atoms with Crippen LogP contribution >= 0.6 is 0 Å². The molecule has 0 aliphatic carbocycles. The lowest BCUT2D eigenvalue weighted by Gasteiger charge is -2.18. The highest BCUT2D eigenvalue weighted by Crippen LogP contribution is 2.15. The number of carbonyl (C=O) groups is 3. The zero-order valence-electron chi connectivity index (χ0n) is 48.3. The Kier molecular flexibility index (Phi) is 58.3. The van der Waals surface area contributed by atoms with E-state index in [1.165, 1.54) is 122 Å². The Bertz CT molecular complexity index is 1510. The summed E-state index contributed by atoms with van der Waals surface area (Å²) in [7, 11) is 0. The zero-order valence-corrected chi connectivity index (χ0v) is 48.3. The monoisotopic (exact) mass is 1030 g/mol. The molecule has 0 aliphatic rings. The van der Waals surface area contributed by atoms with Gasteiger partial charge >= 0.3 is 17.9 Å². The number of rotatable bonds is 55. The predicted octanol–water partition coefficient (Wildman–Crippen LogP) is 21.0. The topological polar surface area (TPSA) is 78.9 Å². The molecule has 0 saturated heterocycles.